The Morgan fingerprint density at radius 1 is 1.19 bits per heavy atom. The Labute approximate surface area is 152 Å². The summed E-state index contributed by atoms with van der Waals surface area (Å²) in [7, 11) is 0. The fraction of sp³-hybridized carbons (Fsp3) is 0.500. The number of aromatic nitrogens is 1. The number of aliphatic hydroxyl groups excluding tert-OH is 1. The predicted molar refractivity (Wildman–Crippen MR) is 98.9 cm³/mol. The molecule has 2 N–H and O–H groups in total. The smallest absolute Gasteiger partial charge is 0.341 e. The van der Waals surface area contributed by atoms with Crippen molar-refractivity contribution in [2.75, 3.05) is 19.8 Å². The van der Waals surface area contributed by atoms with E-state index in [2.05, 4.69) is 0 Å². The molecule has 2 aromatic rings. The van der Waals surface area contributed by atoms with Gasteiger partial charge in [0.1, 0.15) is 5.56 Å². The Hall–Kier alpha value is -2.18. The number of nitrogens with zero attached hydrogens (tertiary/aromatic N) is 1. The molecule has 1 aliphatic rings. The second-order valence-corrected chi connectivity index (χ2v) is 6.81. The molecule has 140 valence electrons. The molecule has 3 rings (SSSR count). The number of hydrogen-bond donors (Lipinski definition) is 2. The van der Waals surface area contributed by atoms with Crippen molar-refractivity contribution in [3.63, 3.8) is 0 Å². The number of aliphatic hydroxyl groups is 1. The maximum absolute atomic E-state index is 12.6. The molecule has 1 aromatic carbocycles. The van der Waals surface area contributed by atoms with Crippen molar-refractivity contribution in [1.29, 1.82) is 0 Å². The molecule has 0 radical (unpaired) electrons. The van der Waals surface area contributed by atoms with Crippen molar-refractivity contribution in [2.24, 2.45) is 0 Å². The lowest BCUT2D eigenvalue weighted by atomic mass is 10.0. The van der Waals surface area contributed by atoms with Crippen LogP contribution in [0.3, 0.4) is 0 Å². The number of hydrogen-bond acceptors (Lipinski definition) is 4. The van der Waals surface area contributed by atoms with Crippen LogP contribution in [0.1, 0.15) is 54.1 Å². The molecule has 1 heterocycles. The van der Waals surface area contributed by atoms with Gasteiger partial charge in [-0.25, -0.2) is 4.79 Å². The van der Waals surface area contributed by atoms with Crippen molar-refractivity contribution in [3.8, 4) is 0 Å². The van der Waals surface area contributed by atoms with Crippen LogP contribution in [-0.2, 0) is 11.2 Å². The van der Waals surface area contributed by atoms with E-state index >= 15 is 0 Å². The standard InChI is InChI=1S/C20H25NO5/c22-9-3-11-26-10-2-1-4-14-5-8-18-16(12-14)19(23)17(20(24)25)13-21(18)15-6-7-15/h5,8,12-13,15,22H,1-4,6-7,9-11H2,(H,24,25). The number of fused-ring (bicyclic) bond motifs is 1. The average Bonchev–Trinajstić information content (AvgIpc) is 3.46. The van der Waals surface area contributed by atoms with E-state index in [1.54, 1.807) is 0 Å². The molecular weight excluding hydrogens is 334 g/mol. The first-order valence-electron chi connectivity index (χ1n) is 9.21. The van der Waals surface area contributed by atoms with E-state index in [-0.39, 0.29) is 12.2 Å². The number of aromatic carboxylic acids is 1. The number of carboxylic acids is 1. The summed E-state index contributed by atoms with van der Waals surface area (Å²) in [6.45, 7) is 1.38. The quantitative estimate of drug-likeness (QED) is 0.637. The molecule has 1 fully saturated rings. The largest absolute Gasteiger partial charge is 0.477 e. The number of rotatable bonds is 10. The molecule has 0 unspecified atom stereocenters. The fourth-order valence-corrected chi connectivity index (χ4v) is 3.17. The summed E-state index contributed by atoms with van der Waals surface area (Å²) in [5.41, 5.74) is 1.30. The molecule has 1 saturated carbocycles. The van der Waals surface area contributed by atoms with Gasteiger partial charge in [-0.15, -0.1) is 0 Å². The second-order valence-electron chi connectivity index (χ2n) is 6.81. The van der Waals surface area contributed by atoms with Crippen molar-refractivity contribution >= 4 is 16.9 Å². The number of pyridine rings is 1. The number of aryl methyl sites for hydroxylation is 1. The summed E-state index contributed by atoms with van der Waals surface area (Å²) >= 11 is 0. The molecule has 0 saturated heterocycles. The minimum Gasteiger partial charge on any atom is -0.477 e. The van der Waals surface area contributed by atoms with Gasteiger partial charge in [0.2, 0.25) is 5.43 Å². The van der Waals surface area contributed by atoms with Gasteiger partial charge in [-0.1, -0.05) is 6.07 Å². The van der Waals surface area contributed by atoms with Gasteiger partial charge in [-0.2, -0.15) is 0 Å². The van der Waals surface area contributed by atoms with Crippen LogP contribution in [0.4, 0.5) is 0 Å². The highest BCUT2D eigenvalue weighted by Crippen LogP contribution is 2.37. The zero-order valence-corrected chi connectivity index (χ0v) is 14.8. The lowest BCUT2D eigenvalue weighted by Crippen LogP contribution is -2.18. The number of ether oxygens (including phenoxy) is 1. The van der Waals surface area contributed by atoms with Gasteiger partial charge in [-0.05, 0) is 56.2 Å². The monoisotopic (exact) mass is 359 g/mol. The summed E-state index contributed by atoms with van der Waals surface area (Å²) < 4.78 is 7.36. The fourth-order valence-electron chi connectivity index (χ4n) is 3.17. The van der Waals surface area contributed by atoms with Gasteiger partial charge in [0.05, 0.1) is 5.52 Å². The van der Waals surface area contributed by atoms with Crippen LogP contribution in [0, 0.1) is 0 Å². The molecule has 26 heavy (non-hydrogen) atoms. The third kappa shape index (κ3) is 4.31. The maximum atomic E-state index is 12.6. The van der Waals surface area contributed by atoms with E-state index in [9.17, 15) is 14.7 Å². The lowest BCUT2D eigenvalue weighted by Gasteiger charge is -2.12. The van der Waals surface area contributed by atoms with Crippen LogP contribution < -0.4 is 5.43 Å². The van der Waals surface area contributed by atoms with Crippen LogP contribution in [-0.4, -0.2) is 40.6 Å². The Morgan fingerprint density at radius 3 is 2.65 bits per heavy atom. The highest BCUT2D eigenvalue weighted by molar-refractivity contribution is 5.92. The van der Waals surface area contributed by atoms with Gasteiger partial charge >= 0.3 is 5.97 Å². The molecule has 6 nitrogen and oxygen atoms in total. The molecular formula is C20H25NO5. The summed E-state index contributed by atoms with van der Waals surface area (Å²) in [6.07, 6.45) is 6.85. The molecule has 0 spiro atoms. The molecule has 0 bridgehead atoms. The lowest BCUT2D eigenvalue weighted by molar-refractivity contribution is 0.0695. The van der Waals surface area contributed by atoms with E-state index < -0.39 is 11.4 Å². The number of unbranched alkanes of at least 4 members (excludes halogenated alkanes) is 1. The third-order valence-corrected chi connectivity index (χ3v) is 4.72. The van der Waals surface area contributed by atoms with E-state index in [4.69, 9.17) is 9.84 Å². The molecule has 6 heteroatoms. The molecule has 0 amide bonds. The normalized spacial score (nSPS) is 14.0. The second kappa shape index (κ2) is 8.47. The van der Waals surface area contributed by atoms with Gasteiger partial charge < -0.3 is 19.5 Å². The van der Waals surface area contributed by atoms with Crippen molar-refractivity contribution in [1.82, 2.24) is 4.57 Å². The van der Waals surface area contributed by atoms with Crippen molar-refractivity contribution in [3.05, 3.63) is 45.7 Å². The Morgan fingerprint density at radius 2 is 1.96 bits per heavy atom. The number of carboxylic acid groups (broad SMARTS) is 1. The van der Waals surface area contributed by atoms with E-state index in [1.807, 2.05) is 22.8 Å². The first kappa shape index (κ1) is 18.6. The summed E-state index contributed by atoms with van der Waals surface area (Å²) in [4.78, 5) is 24.0. The Balaban J connectivity index is 1.74. The zero-order chi connectivity index (χ0) is 18.5. The number of carbonyl (C=O) groups is 1. The molecule has 1 aliphatic carbocycles. The van der Waals surface area contributed by atoms with Crippen LogP contribution >= 0.6 is 0 Å². The van der Waals surface area contributed by atoms with Gasteiger partial charge in [0, 0.05) is 37.4 Å². The van der Waals surface area contributed by atoms with E-state index in [1.165, 1.54) is 6.20 Å². The first-order chi connectivity index (χ1) is 12.6. The van der Waals surface area contributed by atoms with Crippen LogP contribution in [0.15, 0.2) is 29.2 Å². The molecule has 1 aromatic heterocycles. The van der Waals surface area contributed by atoms with Crippen molar-refractivity contribution < 1.29 is 19.7 Å². The minimum atomic E-state index is -1.17. The third-order valence-electron chi connectivity index (χ3n) is 4.72. The Kier molecular flexibility index (Phi) is 6.06. The number of benzene rings is 1. The van der Waals surface area contributed by atoms with Crippen LogP contribution in [0.5, 0.6) is 0 Å². The summed E-state index contributed by atoms with van der Waals surface area (Å²) in [6, 6.07) is 6.11. The SMILES string of the molecule is O=C(O)c1cn(C2CC2)c2ccc(CCCCOCCCO)cc2c1=O. The summed E-state index contributed by atoms with van der Waals surface area (Å²) in [5, 5.41) is 18.5. The predicted octanol–water partition coefficient (Wildman–Crippen LogP) is 2.76. The molecule has 0 aliphatic heterocycles. The zero-order valence-electron chi connectivity index (χ0n) is 14.8. The minimum absolute atomic E-state index is 0.147. The van der Waals surface area contributed by atoms with Gasteiger partial charge in [0.25, 0.3) is 0 Å². The van der Waals surface area contributed by atoms with Gasteiger partial charge in [0.15, 0.2) is 0 Å². The average molecular weight is 359 g/mol. The highest BCUT2D eigenvalue weighted by atomic mass is 16.5. The molecule has 0 atom stereocenters. The topological polar surface area (TPSA) is 88.8 Å². The van der Waals surface area contributed by atoms with Crippen molar-refractivity contribution in [2.45, 2.75) is 44.6 Å². The first-order valence-corrected chi connectivity index (χ1v) is 9.21. The van der Waals surface area contributed by atoms with E-state index in [0.717, 1.165) is 43.2 Å². The van der Waals surface area contributed by atoms with Gasteiger partial charge in [-0.3, -0.25) is 4.79 Å². The summed E-state index contributed by atoms with van der Waals surface area (Å²) in [5.74, 6) is -1.17. The highest BCUT2D eigenvalue weighted by Gasteiger charge is 2.26. The van der Waals surface area contributed by atoms with Crippen LogP contribution in [0.2, 0.25) is 0 Å². The van der Waals surface area contributed by atoms with Crippen LogP contribution in [0.25, 0.3) is 10.9 Å². The van der Waals surface area contributed by atoms with E-state index in [0.29, 0.717) is 31.1 Å². The Bertz CT molecular complexity index is 838. The maximum Gasteiger partial charge on any atom is 0.341 e.